The molecule has 0 radical (unpaired) electrons. The summed E-state index contributed by atoms with van der Waals surface area (Å²) < 4.78 is 11.2. The van der Waals surface area contributed by atoms with Gasteiger partial charge in [0.2, 0.25) is 5.91 Å². The monoisotopic (exact) mass is 788 g/mol. The molecule has 1 aliphatic heterocycles. The van der Waals surface area contributed by atoms with Gasteiger partial charge in [0.1, 0.15) is 30.5 Å². The number of amides is 1. The van der Waals surface area contributed by atoms with E-state index in [-0.39, 0.29) is 18.9 Å². The number of rotatable bonds is 39. The standard InChI is InChI=1S/C45H89NO9/c1-3-5-7-9-11-13-15-17-18-19-20-22-24-26-28-30-32-34-40(49)46-37(36-54-45-44(53)43(52)42(51)39(35-47)55-45)41(50)38(48)33-31-29-27-25-23-21-16-14-12-10-8-6-4-2/h37-39,41-45,47-48,50-53H,3-36H2,1-2H3,(H,46,49)/t37-,38+,39+,41-,42-,43?,44?,45+/m0/s1. The lowest BCUT2D eigenvalue weighted by molar-refractivity contribution is -0.303. The highest BCUT2D eigenvalue weighted by Crippen LogP contribution is 2.23. The topological polar surface area (TPSA) is 169 Å². The van der Waals surface area contributed by atoms with Gasteiger partial charge in [-0.3, -0.25) is 4.79 Å². The van der Waals surface area contributed by atoms with Crippen LogP contribution in [0.4, 0.5) is 0 Å². The minimum Gasteiger partial charge on any atom is -0.394 e. The average molecular weight is 788 g/mol. The van der Waals surface area contributed by atoms with E-state index >= 15 is 0 Å². The van der Waals surface area contributed by atoms with Crippen LogP contribution >= 0.6 is 0 Å². The van der Waals surface area contributed by atoms with Crippen LogP contribution in [-0.2, 0) is 14.3 Å². The number of hydrogen-bond acceptors (Lipinski definition) is 9. The fourth-order valence-corrected chi connectivity index (χ4v) is 7.73. The molecular formula is C45H89NO9. The number of aliphatic hydroxyl groups excluding tert-OH is 6. The molecule has 1 saturated heterocycles. The third-order valence-corrected chi connectivity index (χ3v) is 11.6. The van der Waals surface area contributed by atoms with Crippen LogP contribution in [0.3, 0.4) is 0 Å². The van der Waals surface area contributed by atoms with Crippen molar-refractivity contribution in [2.45, 2.75) is 268 Å². The van der Waals surface area contributed by atoms with Crippen molar-refractivity contribution in [1.29, 1.82) is 0 Å². The van der Waals surface area contributed by atoms with Gasteiger partial charge in [-0.2, -0.15) is 0 Å². The number of carbonyl (C=O) groups excluding carboxylic acids is 1. The van der Waals surface area contributed by atoms with Crippen LogP contribution in [0.5, 0.6) is 0 Å². The molecule has 10 heteroatoms. The van der Waals surface area contributed by atoms with Gasteiger partial charge in [0.15, 0.2) is 6.29 Å². The summed E-state index contributed by atoms with van der Waals surface area (Å²) in [5.41, 5.74) is 0. The maximum absolute atomic E-state index is 13.0. The van der Waals surface area contributed by atoms with Gasteiger partial charge in [0, 0.05) is 6.42 Å². The number of aliphatic hydroxyl groups is 6. The SMILES string of the molecule is CCCCCCCCCCCCCCCCCCCC(=O)N[C@@H](CO[C@@H]1O[C@H](CO)[C@H](O)C(O)C1O)[C@H](O)[C@H](O)CCCCCCCCCCCCCCC. The van der Waals surface area contributed by atoms with Crippen LogP contribution in [0.1, 0.15) is 219 Å². The highest BCUT2D eigenvalue weighted by Gasteiger charge is 2.44. The number of ether oxygens (including phenoxy) is 2. The molecule has 1 heterocycles. The Morgan fingerprint density at radius 3 is 1.35 bits per heavy atom. The molecule has 1 aliphatic rings. The summed E-state index contributed by atoms with van der Waals surface area (Å²) in [6.45, 7) is 3.62. The molecule has 0 aromatic carbocycles. The predicted molar refractivity (Wildman–Crippen MR) is 223 cm³/mol. The molecule has 2 unspecified atom stereocenters. The van der Waals surface area contributed by atoms with E-state index in [4.69, 9.17) is 9.47 Å². The van der Waals surface area contributed by atoms with Crippen LogP contribution in [-0.4, -0.2) is 98.7 Å². The Morgan fingerprint density at radius 1 is 0.564 bits per heavy atom. The Bertz CT molecular complexity index is 849. The molecule has 0 bridgehead atoms. The van der Waals surface area contributed by atoms with Crippen molar-refractivity contribution in [3.63, 3.8) is 0 Å². The van der Waals surface area contributed by atoms with Crippen LogP contribution in [0.2, 0.25) is 0 Å². The lowest BCUT2D eigenvalue weighted by atomic mass is 9.98. The second-order valence-corrected chi connectivity index (χ2v) is 16.7. The zero-order valence-corrected chi connectivity index (χ0v) is 35.6. The fourth-order valence-electron chi connectivity index (χ4n) is 7.73. The molecule has 10 nitrogen and oxygen atoms in total. The molecule has 1 rings (SSSR count). The van der Waals surface area contributed by atoms with Gasteiger partial charge in [-0.05, 0) is 12.8 Å². The van der Waals surface area contributed by atoms with Crippen LogP contribution in [0.15, 0.2) is 0 Å². The third kappa shape index (κ3) is 26.7. The summed E-state index contributed by atoms with van der Waals surface area (Å²) in [5, 5.41) is 65.1. The molecule has 328 valence electrons. The van der Waals surface area contributed by atoms with Crippen molar-refractivity contribution < 1.29 is 44.9 Å². The van der Waals surface area contributed by atoms with E-state index in [0.29, 0.717) is 6.42 Å². The van der Waals surface area contributed by atoms with Gasteiger partial charge in [-0.15, -0.1) is 0 Å². The van der Waals surface area contributed by atoms with Gasteiger partial charge < -0.3 is 45.4 Å². The number of hydrogen-bond donors (Lipinski definition) is 7. The van der Waals surface area contributed by atoms with Gasteiger partial charge in [0.25, 0.3) is 0 Å². The number of carbonyl (C=O) groups is 1. The smallest absolute Gasteiger partial charge is 0.220 e. The summed E-state index contributed by atoms with van der Waals surface area (Å²) in [6.07, 6.45) is 28.2. The lowest BCUT2D eigenvalue weighted by Gasteiger charge is -2.40. The molecule has 0 aliphatic carbocycles. The van der Waals surface area contributed by atoms with E-state index in [9.17, 15) is 35.4 Å². The molecule has 0 aromatic rings. The second-order valence-electron chi connectivity index (χ2n) is 16.7. The Kier molecular flexibility index (Phi) is 34.4. The largest absolute Gasteiger partial charge is 0.394 e. The summed E-state index contributed by atoms with van der Waals surface area (Å²) in [7, 11) is 0. The lowest BCUT2D eigenvalue weighted by Crippen LogP contribution is -2.60. The summed E-state index contributed by atoms with van der Waals surface area (Å²) >= 11 is 0. The highest BCUT2D eigenvalue weighted by molar-refractivity contribution is 5.76. The molecule has 8 atom stereocenters. The minimum atomic E-state index is -1.60. The van der Waals surface area contributed by atoms with Gasteiger partial charge in [0.05, 0.1) is 25.4 Å². The normalized spacial score (nSPS) is 21.8. The summed E-state index contributed by atoms with van der Waals surface area (Å²) in [6, 6.07) is -0.984. The van der Waals surface area contributed by atoms with E-state index < -0.39 is 55.6 Å². The maximum atomic E-state index is 13.0. The number of nitrogens with one attached hydrogen (secondary N) is 1. The molecule has 7 N–H and O–H groups in total. The van der Waals surface area contributed by atoms with E-state index in [2.05, 4.69) is 19.2 Å². The second kappa shape index (κ2) is 36.2. The van der Waals surface area contributed by atoms with Crippen LogP contribution in [0.25, 0.3) is 0 Å². The van der Waals surface area contributed by atoms with Gasteiger partial charge >= 0.3 is 0 Å². The van der Waals surface area contributed by atoms with E-state index in [1.807, 2.05) is 0 Å². The van der Waals surface area contributed by atoms with E-state index in [0.717, 1.165) is 38.5 Å². The quantitative estimate of drug-likeness (QED) is 0.0302. The van der Waals surface area contributed by atoms with E-state index in [1.54, 1.807) is 0 Å². The van der Waals surface area contributed by atoms with Crippen molar-refractivity contribution in [3.05, 3.63) is 0 Å². The van der Waals surface area contributed by atoms with Crippen LogP contribution < -0.4 is 5.32 Å². The molecule has 1 fully saturated rings. The zero-order chi connectivity index (χ0) is 40.4. The van der Waals surface area contributed by atoms with Gasteiger partial charge in [-0.25, -0.2) is 0 Å². The third-order valence-electron chi connectivity index (χ3n) is 11.6. The van der Waals surface area contributed by atoms with Crippen molar-refractivity contribution in [3.8, 4) is 0 Å². The Labute approximate surface area is 336 Å². The first-order valence-corrected chi connectivity index (χ1v) is 23.3. The molecule has 0 spiro atoms. The average Bonchev–Trinajstić information content (AvgIpc) is 3.18. The molecular weight excluding hydrogens is 698 g/mol. The van der Waals surface area contributed by atoms with Crippen molar-refractivity contribution in [2.75, 3.05) is 13.2 Å². The van der Waals surface area contributed by atoms with Crippen molar-refractivity contribution in [1.82, 2.24) is 5.32 Å². The maximum Gasteiger partial charge on any atom is 0.220 e. The first-order chi connectivity index (χ1) is 26.8. The fraction of sp³-hybridized carbons (Fsp3) is 0.978. The first kappa shape index (κ1) is 52.2. The minimum absolute atomic E-state index is 0.254. The molecule has 0 saturated carbocycles. The summed E-state index contributed by atoms with van der Waals surface area (Å²) in [4.78, 5) is 13.0. The molecule has 0 aromatic heterocycles. The number of unbranched alkanes of at least 4 members (excludes halogenated alkanes) is 28. The van der Waals surface area contributed by atoms with Crippen molar-refractivity contribution >= 4 is 5.91 Å². The Hall–Kier alpha value is -0.850. The molecule has 1 amide bonds. The predicted octanol–water partition coefficient (Wildman–Crippen LogP) is 8.53. The van der Waals surface area contributed by atoms with E-state index in [1.165, 1.54) is 154 Å². The Morgan fingerprint density at radius 2 is 0.945 bits per heavy atom. The van der Waals surface area contributed by atoms with Gasteiger partial charge in [-0.1, -0.05) is 200 Å². The Balaban J connectivity index is 2.37. The van der Waals surface area contributed by atoms with Crippen molar-refractivity contribution in [2.24, 2.45) is 0 Å². The highest BCUT2D eigenvalue weighted by atomic mass is 16.7. The zero-order valence-electron chi connectivity index (χ0n) is 35.6. The van der Waals surface area contributed by atoms with Crippen LogP contribution in [0, 0.1) is 0 Å². The first-order valence-electron chi connectivity index (χ1n) is 23.3. The summed E-state index contributed by atoms with van der Waals surface area (Å²) in [5.74, 6) is -0.254. The molecule has 55 heavy (non-hydrogen) atoms.